The number of amides is 1. The predicted octanol–water partition coefficient (Wildman–Crippen LogP) is 2.47. The van der Waals surface area contributed by atoms with Crippen molar-refractivity contribution in [1.29, 1.82) is 0 Å². The topological polar surface area (TPSA) is 84.9 Å². The van der Waals surface area contributed by atoms with Crippen LogP contribution in [0.2, 0.25) is 0 Å². The van der Waals surface area contributed by atoms with Crippen LogP contribution in [0.15, 0.2) is 59.5 Å². The number of hydrogen-bond donors (Lipinski definition) is 1. The van der Waals surface area contributed by atoms with Crippen molar-refractivity contribution < 1.29 is 22.1 Å². The third-order valence-corrected chi connectivity index (χ3v) is 5.48. The van der Waals surface area contributed by atoms with Crippen molar-refractivity contribution in [3.05, 3.63) is 65.7 Å². The second kappa shape index (κ2) is 8.51. The molecule has 1 aliphatic heterocycles. The van der Waals surface area contributed by atoms with E-state index >= 15 is 0 Å². The Balaban J connectivity index is 1.36. The van der Waals surface area contributed by atoms with Gasteiger partial charge in [0.05, 0.1) is 11.5 Å². The highest BCUT2D eigenvalue weighted by Crippen LogP contribution is 2.18. The summed E-state index contributed by atoms with van der Waals surface area (Å²) in [5.74, 6) is 0.0275. The van der Waals surface area contributed by atoms with E-state index in [-0.39, 0.29) is 24.0 Å². The number of nitrogens with zero attached hydrogens (tertiary/aromatic N) is 1. The average Bonchev–Trinajstić information content (AvgIpc) is 2.63. The van der Waals surface area contributed by atoms with E-state index < -0.39 is 16.2 Å². The van der Waals surface area contributed by atoms with Gasteiger partial charge in [0.15, 0.2) is 0 Å². The fraction of sp³-hybridized carbons (Fsp3) is 0.316. The molecular formula is C19H22N2O5S. The fourth-order valence-electron chi connectivity index (χ4n) is 2.61. The van der Waals surface area contributed by atoms with Crippen molar-refractivity contribution in [2.75, 3.05) is 19.7 Å². The standard InChI is InChI=1S/C19H22N2O5S/c1-15-7-9-18(10-8-15)27(23,24)26-14-17-11-21(12-17)20-19(22)25-13-16-5-3-2-4-6-16/h2-10,17H,11-14H2,1H3,(H,20,22). The first-order valence-corrected chi connectivity index (χ1v) is 10.0. The smallest absolute Gasteiger partial charge is 0.422 e. The molecule has 7 nitrogen and oxygen atoms in total. The van der Waals surface area contributed by atoms with Crippen molar-refractivity contribution in [3.8, 4) is 0 Å². The molecule has 0 saturated carbocycles. The molecule has 0 atom stereocenters. The molecule has 0 unspecified atom stereocenters. The van der Waals surface area contributed by atoms with Gasteiger partial charge in [0.2, 0.25) is 0 Å². The fourth-order valence-corrected chi connectivity index (χ4v) is 3.59. The van der Waals surface area contributed by atoms with E-state index in [0.29, 0.717) is 13.1 Å². The van der Waals surface area contributed by atoms with Gasteiger partial charge < -0.3 is 4.74 Å². The Morgan fingerprint density at radius 3 is 2.44 bits per heavy atom. The second-order valence-electron chi connectivity index (χ2n) is 6.50. The van der Waals surface area contributed by atoms with Crippen LogP contribution in [-0.2, 0) is 25.6 Å². The summed E-state index contributed by atoms with van der Waals surface area (Å²) >= 11 is 0. The lowest BCUT2D eigenvalue weighted by Crippen LogP contribution is -2.57. The van der Waals surface area contributed by atoms with E-state index in [0.717, 1.165) is 11.1 Å². The molecule has 2 aromatic carbocycles. The van der Waals surface area contributed by atoms with E-state index in [1.165, 1.54) is 12.1 Å². The molecular weight excluding hydrogens is 368 g/mol. The Bertz CT molecular complexity index is 863. The number of carbonyl (C=O) groups is 1. The van der Waals surface area contributed by atoms with Crippen LogP contribution >= 0.6 is 0 Å². The zero-order chi connectivity index (χ0) is 19.3. The quantitative estimate of drug-likeness (QED) is 0.731. The average molecular weight is 390 g/mol. The molecule has 0 radical (unpaired) electrons. The monoisotopic (exact) mass is 390 g/mol. The number of hydrogen-bond acceptors (Lipinski definition) is 6. The van der Waals surface area contributed by atoms with Gasteiger partial charge in [-0.2, -0.15) is 8.42 Å². The molecule has 144 valence electrons. The first-order chi connectivity index (χ1) is 12.9. The van der Waals surface area contributed by atoms with Gasteiger partial charge in [-0.3, -0.25) is 9.61 Å². The summed E-state index contributed by atoms with van der Waals surface area (Å²) in [6, 6.07) is 15.9. The van der Waals surface area contributed by atoms with Crippen LogP contribution in [0.4, 0.5) is 4.79 Å². The molecule has 8 heteroatoms. The van der Waals surface area contributed by atoms with Crippen LogP contribution in [0.25, 0.3) is 0 Å². The summed E-state index contributed by atoms with van der Waals surface area (Å²) in [6.07, 6.45) is -0.537. The number of benzene rings is 2. The molecule has 1 amide bonds. The Labute approximate surface area is 159 Å². The van der Waals surface area contributed by atoms with Crippen LogP contribution in [0.3, 0.4) is 0 Å². The summed E-state index contributed by atoms with van der Waals surface area (Å²) in [7, 11) is -3.76. The van der Waals surface area contributed by atoms with Crippen LogP contribution in [-0.4, -0.2) is 39.2 Å². The predicted molar refractivity (Wildman–Crippen MR) is 99.1 cm³/mol. The van der Waals surface area contributed by atoms with E-state index in [1.807, 2.05) is 37.3 Å². The minimum absolute atomic E-state index is 0.0275. The van der Waals surface area contributed by atoms with Crippen molar-refractivity contribution in [1.82, 2.24) is 10.4 Å². The van der Waals surface area contributed by atoms with Crippen LogP contribution < -0.4 is 5.43 Å². The van der Waals surface area contributed by atoms with Crippen molar-refractivity contribution in [2.45, 2.75) is 18.4 Å². The van der Waals surface area contributed by atoms with Gasteiger partial charge in [-0.05, 0) is 24.6 Å². The van der Waals surface area contributed by atoms with Crippen molar-refractivity contribution in [3.63, 3.8) is 0 Å². The van der Waals surface area contributed by atoms with Gasteiger partial charge in [-0.25, -0.2) is 9.80 Å². The molecule has 1 N–H and O–H groups in total. The Morgan fingerprint density at radius 2 is 1.78 bits per heavy atom. The molecule has 3 rings (SSSR count). The molecule has 1 aliphatic rings. The minimum atomic E-state index is -3.76. The number of carbonyl (C=O) groups excluding carboxylic acids is 1. The van der Waals surface area contributed by atoms with Crippen molar-refractivity contribution >= 4 is 16.2 Å². The summed E-state index contributed by atoms with van der Waals surface area (Å²) in [6.45, 7) is 3.17. The number of nitrogens with one attached hydrogen (secondary N) is 1. The van der Waals surface area contributed by atoms with Gasteiger partial charge in [-0.1, -0.05) is 48.0 Å². The summed E-state index contributed by atoms with van der Waals surface area (Å²) < 4.78 is 34.5. The lowest BCUT2D eigenvalue weighted by Gasteiger charge is -2.38. The van der Waals surface area contributed by atoms with Gasteiger partial charge in [0, 0.05) is 19.0 Å². The Kier molecular flexibility index (Phi) is 6.10. The molecule has 2 aromatic rings. The molecule has 1 fully saturated rings. The normalized spacial score (nSPS) is 15.1. The highest BCUT2D eigenvalue weighted by molar-refractivity contribution is 7.86. The van der Waals surface area contributed by atoms with Gasteiger partial charge in [0.25, 0.3) is 10.1 Å². The number of rotatable bonds is 7. The van der Waals surface area contributed by atoms with Crippen LogP contribution in [0.5, 0.6) is 0 Å². The Hall–Kier alpha value is -2.42. The number of hydrazine groups is 1. The highest BCUT2D eigenvalue weighted by Gasteiger charge is 2.30. The SMILES string of the molecule is Cc1ccc(S(=O)(=O)OCC2CN(NC(=O)OCc3ccccc3)C2)cc1. The first kappa shape index (κ1) is 19.3. The van der Waals surface area contributed by atoms with Crippen LogP contribution in [0.1, 0.15) is 11.1 Å². The molecule has 1 saturated heterocycles. The third kappa shape index (κ3) is 5.53. The van der Waals surface area contributed by atoms with Crippen molar-refractivity contribution in [2.24, 2.45) is 5.92 Å². The summed E-state index contributed by atoms with van der Waals surface area (Å²) in [5, 5.41) is 1.67. The molecule has 0 bridgehead atoms. The maximum atomic E-state index is 12.1. The highest BCUT2D eigenvalue weighted by atomic mass is 32.2. The maximum absolute atomic E-state index is 12.1. The molecule has 0 spiro atoms. The van der Waals surface area contributed by atoms with E-state index in [4.69, 9.17) is 8.92 Å². The molecule has 0 aliphatic carbocycles. The first-order valence-electron chi connectivity index (χ1n) is 8.61. The Morgan fingerprint density at radius 1 is 1.11 bits per heavy atom. The zero-order valence-corrected chi connectivity index (χ0v) is 15.8. The largest absolute Gasteiger partial charge is 0.444 e. The molecule has 0 aromatic heterocycles. The number of ether oxygens (including phenoxy) is 1. The minimum Gasteiger partial charge on any atom is -0.444 e. The van der Waals surface area contributed by atoms with Gasteiger partial charge in [-0.15, -0.1) is 0 Å². The summed E-state index contributed by atoms with van der Waals surface area (Å²) in [4.78, 5) is 11.9. The number of aryl methyl sites for hydroxylation is 1. The van der Waals surface area contributed by atoms with Gasteiger partial charge in [0.1, 0.15) is 6.61 Å². The van der Waals surface area contributed by atoms with E-state index in [1.54, 1.807) is 17.1 Å². The lowest BCUT2D eigenvalue weighted by atomic mass is 10.0. The van der Waals surface area contributed by atoms with Gasteiger partial charge >= 0.3 is 6.09 Å². The van der Waals surface area contributed by atoms with E-state index in [9.17, 15) is 13.2 Å². The lowest BCUT2D eigenvalue weighted by molar-refractivity contribution is 0.0138. The summed E-state index contributed by atoms with van der Waals surface area (Å²) in [5.41, 5.74) is 4.51. The third-order valence-electron chi connectivity index (χ3n) is 4.19. The zero-order valence-electron chi connectivity index (χ0n) is 15.0. The maximum Gasteiger partial charge on any atom is 0.422 e. The molecule has 1 heterocycles. The molecule has 27 heavy (non-hydrogen) atoms. The van der Waals surface area contributed by atoms with E-state index in [2.05, 4.69) is 5.43 Å². The second-order valence-corrected chi connectivity index (χ2v) is 8.11. The van der Waals surface area contributed by atoms with Crippen LogP contribution in [0, 0.1) is 12.8 Å².